The summed E-state index contributed by atoms with van der Waals surface area (Å²) in [4.78, 5) is 30.4. The molecular formula is C36H44Cl2F3N5O8Si. The second kappa shape index (κ2) is 15.2. The van der Waals surface area contributed by atoms with Crippen molar-refractivity contribution < 1.29 is 51.2 Å². The van der Waals surface area contributed by atoms with E-state index in [2.05, 4.69) is 31.1 Å². The topological polar surface area (TPSA) is 138 Å². The molecule has 1 aromatic heterocycles. The van der Waals surface area contributed by atoms with Gasteiger partial charge >= 0.3 is 6.09 Å². The number of anilines is 1. The van der Waals surface area contributed by atoms with Gasteiger partial charge in [0.05, 0.1) is 31.5 Å². The fraction of sp³-hybridized carbons (Fsp3) is 0.556. The molecule has 13 nitrogen and oxygen atoms in total. The van der Waals surface area contributed by atoms with Crippen molar-refractivity contribution in [1.29, 1.82) is 0 Å². The van der Waals surface area contributed by atoms with Crippen LogP contribution in [-0.4, -0.2) is 114 Å². The van der Waals surface area contributed by atoms with Gasteiger partial charge in [0.15, 0.2) is 37.7 Å². The number of ether oxygens (including phenoxy) is 4. The first-order chi connectivity index (χ1) is 25.6. The summed E-state index contributed by atoms with van der Waals surface area (Å²) in [5.41, 5.74) is 0.189. The van der Waals surface area contributed by atoms with E-state index in [1.807, 2.05) is 13.1 Å². The Morgan fingerprint density at radius 3 is 2.27 bits per heavy atom. The van der Waals surface area contributed by atoms with E-state index in [1.165, 1.54) is 33.9 Å². The van der Waals surface area contributed by atoms with E-state index in [-0.39, 0.29) is 51.7 Å². The highest BCUT2D eigenvalue weighted by atomic mass is 35.5. The van der Waals surface area contributed by atoms with E-state index in [1.54, 1.807) is 26.0 Å². The summed E-state index contributed by atoms with van der Waals surface area (Å²) < 4.78 is 75.4. The molecule has 55 heavy (non-hydrogen) atoms. The molecule has 19 heteroatoms. The number of aromatic nitrogens is 3. The first-order valence-electron chi connectivity index (χ1n) is 17.6. The van der Waals surface area contributed by atoms with Crippen molar-refractivity contribution >= 4 is 49.2 Å². The van der Waals surface area contributed by atoms with Crippen molar-refractivity contribution in [2.24, 2.45) is 0 Å². The van der Waals surface area contributed by atoms with Crippen molar-refractivity contribution in [2.45, 2.75) is 101 Å². The van der Waals surface area contributed by atoms with Crippen molar-refractivity contribution in [1.82, 2.24) is 19.9 Å². The minimum atomic E-state index is -2.55. The maximum absolute atomic E-state index is 15.4. The molecule has 0 bridgehead atoms. The minimum absolute atomic E-state index is 0.00502. The molecule has 4 heterocycles. The van der Waals surface area contributed by atoms with Gasteiger partial charge in [-0.05, 0) is 62.3 Å². The van der Waals surface area contributed by atoms with Gasteiger partial charge in [0.2, 0.25) is 0 Å². The van der Waals surface area contributed by atoms with Crippen LogP contribution < -0.4 is 4.90 Å². The van der Waals surface area contributed by atoms with E-state index in [0.29, 0.717) is 0 Å². The van der Waals surface area contributed by atoms with Gasteiger partial charge in [-0.2, -0.15) is 0 Å². The standard InChI is InChI=1S/C36H44Cl2F3N5O8Si/c1-35(2,3)55(7,8)54-26-16-44(34(48)49)15-25(26)46(21-12-19(37)11-20(38)13-21)33(47)32-31(50-6)29(30-27(52-32)17-51-36(4,5)53-30)45-14-24(42-43-45)18-9-22(39)28(41)23(40)10-18/h9-14,25-27,29-32H,15-17H2,1-8H3,(H,48,49)/t25-,26-,27+,29-,30-,31+,32+/m0/s1. The minimum Gasteiger partial charge on any atom is -0.465 e. The molecule has 3 aliphatic heterocycles. The molecule has 6 rings (SSSR count). The van der Waals surface area contributed by atoms with E-state index < -0.39 is 86.2 Å². The summed E-state index contributed by atoms with van der Waals surface area (Å²) in [6, 6.07) is 4.36. The highest BCUT2D eigenvalue weighted by Crippen LogP contribution is 2.43. The van der Waals surface area contributed by atoms with Crippen molar-refractivity contribution in [3.8, 4) is 11.3 Å². The Kier molecular flexibility index (Phi) is 11.4. The third-order valence-electron chi connectivity index (χ3n) is 10.7. The maximum atomic E-state index is 15.4. The van der Waals surface area contributed by atoms with E-state index in [4.69, 9.17) is 46.6 Å². The fourth-order valence-electron chi connectivity index (χ4n) is 7.00. The molecule has 0 spiro atoms. The maximum Gasteiger partial charge on any atom is 0.407 e. The van der Waals surface area contributed by atoms with Crippen molar-refractivity contribution in [2.75, 3.05) is 31.7 Å². The van der Waals surface area contributed by atoms with Gasteiger partial charge in [-0.3, -0.25) is 4.79 Å². The number of hydrogen-bond acceptors (Lipinski definition) is 9. The number of nitrogens with zero attached hydrogens (tertiary/aromatic N) is 5. The molecule has 0 aliphatic carbocycles. The van der Waals surface area contributed by atoms with Crippen LogP contribution in [0.25, 0.3) is 11.3 Å². The molecular weight excluding hydrogens is 786 g/mol. The SMILES string of the molecule is CO[C@@H]1[C@@H](n2cc(-c3cc(F)c(F)c(F)c3)nn2)[C@H]2OC(C)(C)OC[C@H]2O[C@H]1C(=O)N(c1cc(Cl)cc(Cl)c1)[C@H]1CN(C(=O)O)C[C@@H]1O[Si](C)(C)C(C)(C)C. The van der Waals surface area contributed by atoms with E-state index in [9.17, 15) is 23.1 Å². The summed E-state index contributed by atoms with van der Waals surface area (Å²) in [6.45, 7) is 13.5. The quantitative estimate of drug-likeness (QED) is 0.188. The lowest BCUT2D eigenvalue weighted by molar-refractivity contribution is -0.346. The lowest BCUT2D eigenvalue weighted by atomic mass is 9.90. The molecule has 3 aromatic rings. The predicted octanol–water partition coefficient (Wildman–Crippen LogP) is 6.93. The third kappa shape index (κ3) is 8.26. The molecule has 7 atom stereocenters. The van der Waals surface area contributed by atoms with E-state index in [0.717, 1.165) is 12.1 Å². The summed E-state index contributed by atoms with van der Waals surface area (Å²) in [5, 5.41) is 18.7. The van der Waals surface area contributed by atoms with Gasteiger partial charge in [-0.15, -0.1) is 5.10 Å². The number of methoxy groups -OCH3 is 1. The van der Waals surface area contributed by atoms with Gasteiger partial charge in [0.25, 0.3) is 5.91 Å². The highest BCUT2D eigenvalue weighted by molar-refractivity contribution is 6.74. The lowest BCUT2D eigenvalue weighted by Crippen LogP contribution is -2.66. The molecule has 300 valence electrons. The molecule has 1 N–H and O–H groups in total. The zero-order valence-corrected chi connectivity index (χ0v) is 34.1. The Morgan fingerprint density at radius 2 is 1.69 bits per heavy atom. The molecule has 0 unspecified atom stereocenters. The van der Waals surface area contributed by atoms with Crippen LogP contribution in [0.1, 0.15) is 40.7 Å². The normalized spacial score (nSPS) is 26.9. The molecule has 3 fully saturated rings. The monoisotopic (exact) mass is 829 g/mol. The number of benzene rings is 2. The number of likely N-dealkylation sites (tertiary alicyclic amines) is 1. The Balaban J connectivity index is 1.46. The Bertz CT molecular complexity index is 1910. The number of carboxylic acid groups (broad SMARTS) is 1. The van der Waals surface area contributed by atoms with Crippen LogP contribution in [0, 0.1) is 17.5 Å². The smallest absolute Gasteiger partial charge is 0.407 e. The summed E-state index contributed by atoms with van der Waals surface area (Å²) in [6.07, 6.45) is -4.87. The van der Waals surface area contributed by atoms with Crippen LogP contribution in [0.2, 0.25) is 28.2 Å². The second-order valence-corrected chi connectivity index (χ2v) is 21.6. The first-order valence-corrected chi connectivity index (χ1v) is 21.3. The van der Waals surface area contributed by atoms with Crippen LogP contribution in [0.3, 0.4) is 0 Å². The third-order valence-corrected chi connectivity index (χ3v) is 15.7. The lowest BCUT2D eigenvalue weighted by Gasteiger charge is -2.51. The highest BCUT2D eigenvalue weighted by Gasteiger charge is 2.57. The van der Waals surface area contributed by atoms with Crippen LogP contribution in [0.4, 0.5) is 23.7 Å². The summed E-state index contributed by atoms with van der Waals surface area (Å²) in [7, 11) is -1.18. The van der Waals surface area contributed by atoms with Gasteiger partial charge in [0.1, 0.15) is 30.0 Å². The fourth-order valence-corrected chi connectivity index (χ4v) is 8.86. The van der Waals surface area contributed by atoms with Gasteiger partial charge in [-0.1, -0.05) is 49.2 Å². The first kappa shape index (κ1) is 41.3. The zero-order valence-electron chi connectivity index (χ0n) is 31.6. The Morgan fingerprint density at radius 1 is 1.05 bits per heavy atom. The van der Waals surface area contributed by atoms with Gasteiger partial charge in [-0.25, -0.2) is 22.6 Å². The van der Waals surface area contributed by atoms with Crippen LogP contribution in [-0.2, 0) is 28.2 Å². The van der Waals surface area contributed by atoms with Crippen LogP contribution >= 0.6 is 23.2 Å². The Labute approximate surface area is 327 Å². The van der Waals surface area contributed by atoms with Crippen molar-refractivity contribution in [3.05, 3.63) is 64.0 Å². The number of rotatable bonds is 8. The number of halogens is 5. The zero-order chi connectivity index (χ0) is 40.4. The molecule has 2 aromatic carbocycles. The molecule has 0 radical (unpaired) electrons. The van der Waals surface area contributed by atoms with Crippen LogP contribution in [0.5, 0.6) is 0 Å². The largest absolute Gasteiger partial charge is 0.465 e. The average Bonchev–Trinajstić information content (AvgIpc) is 3.73. The number of carbonyl (C=O) groups excluding carboxylic acids is 1. The number of fused-ring (bicyclic) bond motifs is 1. The summed E-state index contributed by atoms with van der Waals surface area (Å²) >= 11 is 13.0. The number of amides is 2. The van der Waals surface area contributed by atoms with E-state index >= 15 is 4.79 Å². The average molecular weight is 831 g/mol. The predicted molar refractivity (Wildman–Crippen MR) is 198 cm³/mol. The van der Waals surface area contributed by atoms with Crippen LogP contribution in [0.15, 0.2) is 36.5 Å². The number of hydrogen-bond donors (Lipinski definition) is 1. The van der Waals surface area contributed by atoms with Gasteiger partial charge < -0.3 is 38.3 Å². The summed E-state index contributed by atoms with van der Waals surface area (Å²) in [5.74, 6) is -6.18. The Hall–Kier alpha value is -3.29. The molecule has 3 aliphatic rings. The molecule has 0 saturated carbocycles. The second-order valence-electron chi connectivity index (χ2n) is 15.9. The number of carbonyl (C=O) groups is 2. The molecule has 3 saturated heterocycles. The van der Waals surface area contributed by atoms with Crippen molar-refractivity contribution in [3.63, 3.8) is 0 Å². The molecule has 2 amide bonds. The van der Waals surface area contributed by atoms with Gasteiger partial charge in [0, 0.05) is 35.0 Å².